The Morgan fingerprint density at radius 3 is 2.81 bits per heavy atom. The van der Waals surface area contributed by atoms with E-state index >= 15 is 0 Å². The molecule has 0 unspecified atom stereocenters. The Hall–Kier alpha value is -2.86. The van der Waals surface area contributed by atoms with Gasteiger partial charge in [-0.05, 0) is 42.7 Å². The third-order valence-electron chi connectivity index (χ3n) is 4.78. The van der Waals surface area contributed by atoms with E-state index in [-0.39, 0.29) is 11.9 Å². The molecule has 1 saturated heterocycles. The first kappa shape index (κ1) is 16.6. The Kier molecular flexibility index (Phi) is 4.84. The fourth-order valence-electron chi connectivity index (χ4n) is 3.38. The van der Waals surface area contributed by atoms with Gasteiger partial charge in [-0.3, -0.25) is 14.7 Å². The molecule has 0 atom stereocenters. The summed E-state index contributed by atoms with van der Waals surface area (Å²) in [7, 11) is 0. The van der Waals surface area contributed by atoms with Gasteiger partial charge in [0.05, 0.1) is 5.52 Å². The molecule has 6 nitrogen and oxygen atoms in total. The number of piperidine rings is 1. The smallest absolute Gasteiger partial charge is 0.272 e. The largest absolute Gasteiger partial charge is 0.348 e. The molecule has 3 heterocycles. The van der Waals surface area contributed by atoms with E-state index in [0.717, 1.165) is 38.0 Å². The van der Waals surface area contributed by atoms with E-state index < -0.39 is 0 Å². The van der Waals surface area contributed by atoms with E-state index in [9.17, 15) is 4.79 Å². The molecule has 0 radical (unpaired) electrons. The Morgan fingerprint density at radius 2 is 2.00 bits per heavy atom. The SMILES string of the molecule is O=C(NC1CCN(Cc2cnc3ccccc3c2)CC1)c1cccnn1. The van der Waals surface area contributed by atoms with Gasteiger partial charge in [0.1, 0.15) is 0 Å². The summed E-state index contributed by atoms with van der Waals surface area (Å²) in [5.74, 6) is -0.143. The molecule has 2 aromatic heterocycles. The number of fused-ring (bicyclic) bond motifs is 1. The number of benzene rings is 1. The van der Waals surface area contributed by atoms with Crippen molar-refractivity contribution in [1.82, 2.24) is 25.4 Å². The molecule has 0 aliphatic carbocycles. The summed E-state index contributed by atoms with van der Waals surface area (Å²) in [6.45, 7) is 2.80. The number of carbonyl (C=O) groups excluding carboxylic acids is 1. The number of para-hydroxylation sites is 1. The number of amides is 1. The number of likely N-dealkylation sites (tertiary alicyclic amines) is 1. The van der Waals surface area contributed by atoms with Crippen molar-refractivity contribution in [3.8, 4) is 0 Å². The van der Waals surface area contributed by atoms with E-state index in [1.165, 1.54) is 10.9 Å². The van der Waals surface area contributed by atoms with E-state index in [2.05, 4.69) is 37.5 Å². The molecule has 0 spiro atoms. The topological polar surface area (TPSA) is 71.0 Å². The lowest BCUT2D eigenvalue weighted by atomic mass is 10.0. The Balaban J connectivity index is 1.31. The van der Waals surface area contributed by atoms with Crippen LogP contribution in [0.25, 0.3) is 10.9 Å². The van der Waals surface area contributed by atoms with Crippen LogP contribution < -0.4 is 5.32 Å². The molecule has 0 bridgehead atoms. The molecule has 6 heteroatoms. The fraction of sp³-hybridized carbons (Fsp3) is 0.300. The molecule has 0 saturated carbocycles. The van der Waals surface area contributed by atoms with Crippen LogP contribution in [0.15, 0.2) is 54.9 Å². The second kappa shape index (κ2) is 7.58. The Labute approximate surface area is 152 Å². The Morgan fingerprint density at radius 1 is 1.15 bits per heavy atom. The summed E-state index contributed by atoms with van der Waals surface area (Å²) in [6, 6.07) is 14.0. The van der Waals surface area contributed by atoms with Gasteiger partial charge in [0.15, 0.2) is 5.69 Å². The highest BCUT2D eigenvalue weighted by atomic mass is 16.2. The van der Waals surface area contributed by atoms with E-state index in [1.54, 1.807) is 18.3 Å². The van der Waals surface area contributed by atoms with Crippen LogP contribution in [-0.4, -0.2) is 45.1 Å². The van der Waals surface area contributed by atoms with Gasteiger partial charge in [-0.2, -0.15) is 5.10 Å². The van der Waals surface area contributed by atoms with Crippen molar-refractivity contribution in [1.29, 1.82) is 0 Å². The Bertz CT molecular complexity index is 891. The zero-order chi connectivity index (χ0) is 17.8. The van der Waals surface area contributed by atoms with Crippen LogP contribution >= 0.6 is 0 Å². The highest BCUT2D eigenvalue weighted by Gasteiger charge is 2.21. The molecule has 4 rings (SSSR count). The van der Waals surface area contributed by atoms with Gasteiger partial charge in [-0.25, -0.2) is 0 Å². The average molecular weight is 347 g/mol. The van der Waals surface area contributed by atoms with Crippen molar-refractivity contribution in [2.24, 2.45) is 0 Å². The highest BCUT2D eigenvalue weighted by Crippen LogP contribution is 2.17. The van der Waals surface area contributed by atoms with Crippen molar-refractivity contribution in [3.05, 3.63) is 66.1 Å². The first-order chi connectivity index (χ1) is 12.8. The van der Waals surface area contributed by atoms with Crippen LogP contribution in [0.4, 0.5) is 0 Å². The first-order valence-corrected chi connectivity index (χ1v) is 8.92. The second-order valence-corrected chi connectivity index (χ2v) is 6.67. The standard InChI is InChI=1S/C20H21N5O/c26-20(19-6-3-9-22-24-19)23-17-7-10-25(11-8-17)14-15-12-16-4-1-2-5-18(16)21-13-15/h1-6,9,12-13,17H,7-8,10-11,14H2,(H,23,26). The highest BCUT2D eigenvalue weighted by molar-refractivity contribution is 5.92. The molecule has 1 aliphatic rings. The van der Waals surface area contributed by atoms with Crippen molar-refractivity contribution in [2.75, 3.05) is 13.1 Å². The van der Waals surface area contributed by atoms with Gasteiger partial charge in [0.25, 0.3) is 5.91 Å². The van der Waals surface area contributed by atoms with Gasteiger partial charge < -0.3 is 5.32 Å². The summed E-state index contributed by atoms with van der Waals surface area (Å²) in [4.78, 5) is 19.1. The van der Waals surface area contributed by atoms with Crippen LogP contribution in [0, 0.1) is 0 Å². The third kappa shape index (κ3) is 3.86. The van der Waals surface area contributed by atoms with Crippen LogP contribution in [0.2, 0.25) is 0 Å². The third-order valence-corrected chi connectivity index (χ3v) is 4.78. The quantitative estimate of drug-likeness (QED) is 0.785. The summed E-state index contributed by atoms with van der Waals surface area (Å²) in [6.07, 6.45) is 5.40. The van der Waals surface area contributed by atoms with Crippen molar-refractivity contribution in [3.63, 3.8) is 0 Å². The predicted octanol–water partition coefficient (Wildman–Crippen LogP) is 2.42. The number of hydrogen-bond donors (Lipinski definition) is 1. The van der Waals surface area contributed by atoms with Gasteiger partial charge in [-0.15, -0.1) is 5.10 Å². The molecule has 1 aliphatic heterocycles. The number of aromatic nitrogens is 3. The van der Waals surface area contributed by atoms with Crippen molar-refractivity contribution >= 4 is 16.8 Å². The van der Waals surface area contributed by atoms with Crippen LogP contribution in [-0.2, 0) is 6.54 Å². The number of hydrogen-bond acceptors (Lipinski definition) is 5. The van der Waals surface area contributed by atoms with Crippen molar-refractivity contribution in [2.45, 2.75) is 25.4 Å². The average Bonchev–Trinajstić information content (AvgIpc) is 2.70. The molecular weight excluding hydrogens is 326 g/mol. The zero-order valence-corrected chi connectivity index (χ0v) is 14.5. The summed E-state index contributed by atoms with van der Waals surface area (Å²) < 4.78 is 0. The lowest BCUT2D eigenvalue weighted by molar-refractivity contribution is 0.0903. The molecule has 132 valence electrons. The van der Waals surface area contributed by atoms with Gasteiger partial charge in [0, 0.05) is 43.5 Å². The summed E-state index contributed by atoms with van der Waals surface area (Å²) in [5, 5.41) is 11.9. The van der Waals surface area contributed by atoms with Gasteiger partial charge in [0.2, 0.25) is 0 Å². The lowest BCUT2D eigenvalue weighted by Gasteiger charge is -2.32. The van der Waals surface area contributed by atoms with Gasteiger partial charge in [-0.1, -0.05) is 18.2 Å². The normalized spacial score (nSPS) is 15.8. The monoisotopic (exact) mass is 347 g/mol. The summed E-state index contributed by atoms with van der Waals surface area (Å²) in [5.41, 5.74) is 2.63. The number of carbonyl (C=O) groups is 1. The zero-order valence-electron chi connectivity index (χ0n) is 14.5. The minimum atomic E-state index is -0.143. The van der Waals surface area contributed by atoms with Crippen molar-refractivity contribution < 1.29 is 4.79 Å². The van der Waals surface area contributed by atoms with E-state index in [4.69, 9.17) is 0 Å². The number of nitrogens with zero attached hydrogens (tertiary/aromatic N) is 4. The van der Waals surface area contributed by atoms with E-state index in [1.807, 2.05) is 24.4 Å². The fourth-order valence-corrected chi connectivity index (χ4v) is 3.38. The van der Waals surface area contributed by atoms with Gasteiger partial charge >= 0.3 is 0 Å². The lowest BCUT2D eigenvalue weighted by Crippen LogP contribution is -2.44. The predicted molar refractivity (Wildman–Crippen MR) is 99.5 cm³/mol. The molecule has 26 heavy (non-hydrogen) atoms. The molecule has 3 aromatic rings. The molecule has 1 N–H and O–H groups in total. The number of rotatable bonds is 4. The van der Waals surface area contributed by atoms with E-state index in [0.29, 0.717) is 5.69 Å². The maximum atomic E-state index is 12.2. The molecular formula is C20H21N5O. The molecule has 1 aromatic carbocycles. The molecule has 1 fully saturated rings. The maximum Gasteiger partial charge on any atom is 0.272 e. The second-order valence-electron chi connectivity index (χ2n) is 6.67. The van der Waals surface area contributed by atoms with Crippen LogP contribution in [0.3, 0.4) is 0 Å². The number of pyridine rings is 1. The summed E-state index contributed by atoms with van der Waals surface area (Å²) >= 11 is 0. The first-order valence-electron chi connectivity index (χ1n) is 8.92. The van der Waals surface area contributed by atoms with Crippen LogP contribution in [0.1, 0.15) is 28.9 Å². The minimum Gasteiger partial charge on any atom is -0.348 e. The molecule has 1 amide bonds. The number of nitrogens with one attached hydrogen (secondary N) is 1. The maximum absolute atomic E-state index is 12.2. The van der Waals surface area contributed by atoms with Crippen LogP contribution in [0.5, 0.6) is 0 Å². The minimum absolute atomic E-state index is 0.143.